The largest absolute Gasteiger partial charge is 0.369 e. The summed E-state index contributed by atoms with van der Waals surface area (Å²) < 4.78 is 1.49. The van der Waals surface area contributed by atoms with Gasteiger partial charge in [0.2, 0.25) is 5.91 Å². The van der Waals surface area contributed by atoms with Gasteiger partial charge in [-0.25, -0.2) is 4.68 Å². The molecule has 0 aromatic carbocycles. The van der Waals surface area contributed by atoms with E-state index in [0.29, 0.717) is 11.5 Å². The van der Waals surface area contributed by atoms with Gasteiger partial charge in [0, 0.05) is 18.3 Å². The molecule has 20 heavy (non-hydrogen) atoms. The van der Waals surface area contributed by atoms with E-state index in [4.69, 9.17) is 5.73 Å². The van der Waals surface area contributed by atoms with Crippen LogP contribution in [0.1, 0.15) is 43.2 Å². The second kappa shape index (κ2) is 6.59. The van der Waals surface area contributed by atoms with Gasteiger partial charge in [-0.3, -0.25) is 9.59 Å². The number of nitrogens with zero attached hydrogens (tertiary/aromatic N) is 1. The smallest absolute Gasteiger partial charge is 0.272 e. The molecule has 1 heterocycles. The van der Waals surface area contributed by atoms with E-state index in [9.17, 15) is 9.59 Å². The third-order valence-electron chi connectivity index (χ3n) is 4.05. The zero-order valence-electron chi connectivity index (χ0n) is 12.0. The SMILES string of the molecule is Cc1ccn(NCC2CCCCC2)c(=O)c1CC(N)=O. The molecule has 1 aromatic rings. The molecular weight excluding hydrogens is 254 g/mol. The number of aryl methyl sites for hydroxylation is 1. The zero-order chi connectivity index (χ0) is 14.5. The fourth-order valence-electron chi connectivity index (χ4n) is 2.80. The normalized spacial score (nSPS) is 16.1. The standard InChI is InChI=1S/C15H23N3O2/c1-11-7-8-18(15(20)13(11)9-14(16)19)17-10-12-5-3-2-4-6-12/h7-8,12,17H,2-6,9-10H2,1H3,(H2,16,19). The second-order valence-corrected chi connectivity index (χ2v) is 5.66. The predicted molar refractivity (Wildman–Crippen MR) is 79.1 cm³/mol. The number of carbonyl (C=O) groups is 1. The Morgan fingerprint density at radius 3 is 2.75 bits per heavy atom. The molecule has 1 amide bonds. The van der Waals surface area contributed by atoms with Crippen molar-refractivity contribution in [3.05, 3.63) is 33.7 Å². The highest BCUT2D eigenvalue weighted by Crippen LogP contribution is 2.22. The quantitative estimate of drug-likeness (QED) is 0.852. The van der Waals surface area contributed by atoms with Gasteiger partial charge in [0.25, 0.3) is 5.56 Å². The molecule has 1 aromatic heterocycles. The maximum atomic E-state index is 12.3. The van der Waals surface area contributed by atoms with Crippen molar-refractivity contribution in [2.24, 2.45) is 11.7 Å². The van der Waals surface area contributed by atoms with Crippen molar-refractivity contribution in [1.29, 1.82) is 0 Å². The molecule has 110 valence electrons. The summed E-state index contributed by atoms with van der Waals surface area (Å²) >= 11 is 0. The number of primary amides is 1. The van der Waals surface area contributed by atoms with E-state index >= 15 is 0 Å². The van der Waals surface area contributed by atoms with E-state index in [1.54, 1.807) is 6.20 Å². The molecular formula is C15H23N3O2. The van der Waals surface area contributed by atoms with E-state index in [0.717, 1.165) is 12.1 Å². The van der Waals surface area contributed by atoms with Crippen LogP contribution < -0.4 is 16.7 Å². The van der Waals surface area contributed by atoms with Crippen LogP contribution in [0.25, 0.3) is 0 Å². The topological polar surface area (TPSA) is 77.1 Å². The van der Waals surface area contributed by atoms with Crippen LogP contribution in [0.2, 0.25) is 0 Å². The van der Waals surface area contributed by atoms with Crippen molar-refractivity contribution < 1.29 is 4.79 Å². The average molecular weight is 277 g/mol. The van der Waals surface area contributed by atoms with Gasteiger partial charge in [-0.1, -0.05) is 19.3 Å². The predicted octanol–water partition coefficient (Wildman–Crippen LogP) is 1.31. The van der Waals surface area contributed by atoms with E-state index in [-0.39, 0.29) is 12.0 Å². The van der Waals surface area contributed by atoms with Gasteiger partial charge in [0.05, 0.1) is 6.42 Å². The van der Waals surface area contributed by atoms with Gasteiger partial charge in [-0.05, 0) is 37.3 Å². The van der Waals surface area contributed by atoms with Crippen molar-refractivity contribution >= 4 is 5.91 Å². The number of nitrogens with one attached hydrogen (secondary N) is 1. The lowest BCUT2D eigenvalue weighted by molar-refractivity contribution is -0.117. The summed E-state index contributed by atoms with van der Waals surface area (Å²) in [4.78, 5) is 23.3. The third-order valence-corrected chi connectivity index (χ3v) is 4.05. The molecule has 0 bridgehead atoms. The Kier molecular flexibility index (Phi) is 4.82. The van der Waals surface area contributed by atoms with Crippen molar-refractivity contribution in [3.63, 3.8) is 0 Å². The monoisotopic (exact) mass is 277 g/mol. The fourth-order valence-corrected chi connectivity index (χ4v) is 2.80. The first-order valence-corrected chi connectivity index (χ1v) is 7.31. The van der Waals surface area contributed by atoms with E-state index in [1.165, 1.54) is 36.8 Å². The lowest BCUT2D eigenvalue weighted by atomic mass is 9.89. The van der Waals surface area contributed by atoms with Gasteiger partial charge in [-0.2, -0.15) is 0 Å². The number of amides is 1. The molecule has 1 aliphatic carbocycles. The van der Waals surface area contributed by atoms with Gasteiger partial charge in [0.15, 0.2) is 0 Å². The van der Waals surface area contributed by atoms with Crippen LogP contribution in [0, 0.1) is 12.8 Å². The van der Waals surface area contributed by atoms with E-state index < -0.39 is 5.91 Å². The van der Waals surface area contributed by atoms with E-state index in [2.05, 4.69) is 5.43 Å². The fraction of sp³-hybridized carbons (Fsp3) is 0.600. The summed E-state index contributed by atoms with van der Waals surface area (Å²) in [6.07, 6.45) is 8.05. The minimum absolute atomic E-state index is 0.00336. The van der Waals surface area contributed by atoms with E-state index in [1.807, 2.05) is 13.0 Å². The molecule has 1 saturated carbocycles. The molecule has 0 aliphatic heterocycles. The number of hydrogen-bond donors (Lipinski definition) is 2. The molecule has 3 N–H and O–H groups in total. The molecule has 0 radical (unpaired) electrons. The van der Waals surface area contributed by atoms with Crippen LogP contribution >= 0.6 is 0 Å². The zero-order valence-corrected chi connectivity index (χ0v) is 12.0. The number of pyridine rings is 1. The summed E-state index contributed by atoms with van der Waals surface area (Å²) in [5.41, 5.74) is 9.50. The highest BCUT2D eigenvalue weighted by molar-refractivity contribution is 5.76. The third kappa shape index (κ3) is 3.62. The van der Waals surface area contributed by atoms with Gasteiger partial charge >= 0.3 is 0 Å². The Hall–Kier alpha value is -1.78. The van der Waals surface area contributed by atoms with Crippen LogP contribution in [0.15, 0.2) is 17.1 Å². The number of rotatable bonds is 5. The first-order valence-electron chi connectivity index (χ1n) is 7.31. The van der Waals surface area contributed by atoms with Crippen molar-refractivity contribution in [2.45, 2.75) is 45.4 Å². The lowest BCUT2D eigenvalue weighted by Crippen LogP contribution is -2.35. The molecule has 2 rings (SSSR count). The Labute approximate surface area is 119 Å². The van der Waals surface area contributed by atoms with Gasteiger partial charge < -0.3 is 11.2 Å². The van der Waals surface area contributed by atoms with Crippen molar-refractivity contribution in [2.75, 3.05) is 12.0 Å². The second-order valence-electron chi connectivity index (χ2n) is 5.66. The summed E-state index contributed by atoms with van der Waals surface area (Å²) in [5.74, 6) is 0.159. The van der Waals surface area contributed by atoms with Gasteiger partial charge in [-0.15, -0.1) is 0 Å². The first-order chi connectivity index (χ1) is 9.58. The maximum absolute atomic E-state index is 12.3. The number of nitrogens with two attached hydrogens (primary N) is 1. The van der Waals surface area contributed by atoms with Crippen LogP contribution in [-0.4, -0.2) is 17.1 Å². The van der Waals surface area contributed by atoms with Crippen molar-refractivity contribution in [3.8, 4) is 0 Å². The number of hydrogen-bond acceptors (Lipinski definition) is 3. The van der Waals surface area contributed by atoms with Gasteiger partial charge in [0.1, 0.15) is 0 Å². The van der Waals surface area contributed by atoms with Crippen LogP contribution in [0.3, 0.4) is 0 Å². The molecule has 1 aliphatic rings. The molecule has 1 fully saturated rings. The number of carbonyl (C=O) groups excluding carboxylic acids is 1. The summed E-state index contributed by atoms with van der Waals surface area (Å²) in [6.45, 7) is 2.63. The molecule has 0 unspecified atom stereocenters. The Bertz CT molecular complexity index is 530. The molecule has 5 nitrogen and oxygen atoms in total. The van der Waals surface area contributed by atoms with Crippen molar-refractivity contribution in [1.82, 2.24) is 4.68 Å². The Balaban J connectivity index is 2.07. The van der Waals surface area contributed by atoms with Crippen LogP contribution in [-0.2, 0) is 11.2 Å². The Morgan fingerprint density at radius 2 is 2.10 bits per heavy atom. The maximum Gasteiger partial charge on any atom is 0.272 e. The summed E-state index contributed by atoms with van der Waals surface area (Å²) in [6, 6.07) is 1.84. The summed E-state index contributed by atoms with van der Waals surface area (Å²) in [5, 5.41) is 0. The lowest BCUT2D eigenvalue weighted by Gasteiger charge is -2.23. The molecule has 0 atom stereocenters. The molecule has 0 saturated heterocycles. The molecule has 5 heteroatoms. The van der Waals surface area contributed by atoms with Crippen LogP contribution in [0.4, 0.5) is 0 Å². The minimum atomic E-state index is -0.477. The first kappa shape index (κ1) is 14.6. The molecule has 0 spiro atoms. The minimum Gasteiger partial charge on any atom is -0.369 e. The Morgan fingerprint density at radius 1 is 1.40 bits per heavy atom. The average Bonchev–Trinajstić information content (AvgIpc) is 2.43. The highest BCUT2D eigenvalue weighted by atomic mass is 16.1. The van der Waals surface area contributed by atoms with Crippen LogP contribution in [0.5, 0.6) is 0 Å². The highest BCUT2D eigenvalue weighted by Gasteiger charge is 2.14. The summed E-state index contributed by atoms with van der Waals surface area (Å²) in [7, 11) is 0. The number of aromatic nitrogens is 1.